The zero-order valence-corrected chi connectivity index (χ0v) is 23.8. The average molecular weight is 802 g/mol. The van der Waals surface area contributed by atoms with E-state index in [9.17, 15) is 35.9 Å². The Hall–Kier alpha value is -1.96. The Morgan fingerprint density at radius 3 is 1.64 bits per heavy atom. The number of pyridine rings is 2. The van der Waals surface area contributed by atoms with Crippen molar-refractivity contribution in [3.8, 4) is 0 Å². The van der Waals surface area contributed by atoms with Crippen LogP contribution in [0.4, 0.5) is 32.0 Å². The largest absolute Gasteiger partial charge is 0.434 e. The second kappa shape index (κ2) is 10.4. The van der Waals surface area contributed by atoms with Crippen LogP contribution in [-0.2, 0) is 12.4 Å². The molecule has 36 heavy (non-hydrogen) atoms. The van der Waals surface area contributed by atoms with Crippen molar-refractivity contribution in [1.82, 2.24) is 18.8 Å². The van der Waals surface area contributed by atoms with Gasteiger partial charge in [0.25, 0.3) is 11.1 Å². The van der Waals surface area contributed by atoms with Gasteiger partial charge in [-0.25, -0.2) is 9.97 Å². The number of alkyl halides is 6. The first-order chi connectivity index (χ1) is 16.5. The molecular formula is C20H12BrF6I2N5O2. The highest BCUT2D eigenvalue weighted by atomic mass is 127. The summed E-state index contributed by atoms with van der Waals surface area (Å²) in [6.45, 7) is 0. The Labute approximate surface area is 233 Å². The Kier molecular flexibility index (Phi) is 8.28. The minimum atomic E-state index is -4.64. The minimum Gasteiger partial charge on any atom is -0.378 e. The van der Waals surface area contributed by atoms with Crippen LogP contribution in [0.2, 0.25) is 0 Å². The summed E-state index contributed by atoms with van der Waals surface area (Å²) in [4.78, 5) is 32.3. The molecule has 0 unspecified atom stereocenters. The van der Waals surface area contributed by atoms with Crippen molar-refractivity contribution in [2.24, 2.45) is 0 Å². The lowest BCUT2D eigenvalue weighted by molar-refractivity contribution is -0.142. The van der Waals surface area contributed by atoms with Gasteiger partial charge in [0.15, 0.2) is 11.4 Å². The summed E-state index contributed by atoms with van der Waals surface area (Å²) < 4.78 is 78.1. The van der Waals surface area contributed by atoms with Crippen LogP contribution in [-0.4, -0.2) is 32.9 Å². The molecule has 0 aliphatic carbocycles. The summed E-state index contributed by atoms with van der Waals surface area (Å²) >= 11 is 5.85. The Morgan fingerprint density at radius 1 is 0.806 bits per heavy atom. The summed E-state index contributed by atoms with van der Waals surface area (Å²) in [6, 6.07) is 5.98. The van der Waals surface area contributed by atoms with Crippen molar-refractivity contribution in [3.05, 3.63) is 80.4 Å². The summed E-state index contributed by atoms with van der Waals surface area (Å²) in [5.41, 5.74) is -3.14. The van der Waals surface area contributed by atoms with Gasteiger partial charge in [0, 0.05) is 42.7 Å². The molecule has 16 heteroatoms. The molecule has 0 aliphatic rings. The minimum absolute atomic E-state index is 0.0241. The first-order valence-corrected chi connectivity index (χ1v) is 12.4. The van der Waals surface area contributed by atoms with E-state index >= 15 is 0 Å². The standard InChI is InChI=1S/C11H9F3IN3O.C9H3BrF3IN2O/c1-17(2)6-3-4-18-7(5-6)16-9(11(12,13)14)8(15)10(18)19;10-4-1-2-16-5(3-4)15-7(9(11,12)13)6(14)8(16)17/h3-5H,1-2H3;1-3H. The maximum atomic E-state index is 12.8. The van der Waals surface area contributed by atoms with E-state index in [4.69, 9.17) is 0 Å². The summed E-state index contributed by atoms with van der Waals surface area (Å²) in [7, 11) is 3.50. The van der Waals surface area contributed by atoms with Gasteiger partial charge in [-0.15, -0.1) is 0 Å². The van der Waals surface area contributed by atoms with Crippen LogP contribution in [0.1, 0.15) is 11.4 Å². The first-order valence-electron chi connectivity index (χ1n) is 9.43. The first kappa shape index (κ1) is 28.6. The fourth-order valence-electron chi connectivity index (χ4n) is 2.85. The van der Waals surface area contributed by atoms with Gasteiger partial charge >= 0.3 is 12.4 Å². The van der Waals surface area contributed by atoms with E-state index in [0.29, 0.717) is 10.2 Å². The van der Waals surface area contributed by atoms with Crippen molar-refractivity contribution in [2.45, 2.75) is 12.4 Å². The zero-order valence-electron chi connectivity index (χ0n) is 17.9. The van der Waals surface area contributed by atoms with E-state index in [0.717, 1.165) is 8.80 Å². The maximum absolute atomic E-state index is 12.8. The predicted molar refractivity (Wildman–Crippen MR) is 140 cm³/mol. The number of hydrogen-bond acceptors (Lipinski definition) is 5. The van der Waals surface area contributed by atoms with Gasteiger partial charge in [0.05, 0.1) is 0 Å². The van der Waals surface area contributed by atoms with E-state index in [1.54, 1.807) is 31.1 Å². The van der Waals surface area contributed by atoms with Gasteiger partial charge in [0.2, 0.25) is 0 Å². The van der Waals surface area contributed by atoms with Gasteiger partial charge in [-0.2, -0.15) is 26.3 Å². The predicted octanol–water partition coefficient (Wildman–Crippen LogP) is 5.46. The average Bonchev–Trinajstić information content (AvgIpc) is 2.77. The van der Waals surface area contributed by atoms with Crippen LogP contribution in [0.3, 0.4) is 0 Å². The molecule has 0 spiro atoms. The molecule has 4 heterocycles. The second-order valence-electron chi connectivity index (χ2n) is 7.24. The van der Waals surface area contributed by atoms with Crippen molar-refractivity contribution >= 4 is 78.1 Å². The molecule has 0 bridgehead atoms. The molecule has 0 saturated heterocycles. The third-order valence-corrected chi connectivity index (χ3v) is 6.99. The van der Waals surface area contributed by atoms with Crippen molar-refractivity contribution in [1.29, 1.82) is 0 Å². The van der Waals surface area contributed by atoms with Crippen LogP contribution in [0.5, 0.6) is 0 Å². The highest BCUT2D eigenvalue weighted by Crippen LogP contribution is 2.31. The Morgan fingerprint density at radius 2 is 1.22 bits per heavy atom. The number of hydrogen-bond donors (Lipinski definition) is 0. The van der Waals surface area contributed by atoms with Crippen LogP contribution < -0.4 is 16.0 Å². The molecule has 0 aliphatic heterocycles. The number of anilines is 1. The fraction of sp³-hybridized carbons (Fsp3) is 0.200. The van der Waals surface area contributed by atoms with Crippen LogP contribution >= 0.6 is 61.1 Å². The second-order valence-corrected chi connectivity index (χ2v) is 10.3. The smallest absolute Gasteiger partial charge is 0.378 e. The van der Waals surface area contributed by atoms with E-state index in [1.807, 2.05) is 0 Å². The topological polar surface area (TPSA) is 72.0 Å². The number of nitrogens with zero attached hydrogens (tertiary/aromatic N) is 5. The quantitative estimate of drug-likeness (QED) is 0.189. The molecule has 4 rings (SSSR count). The van der Waals surface area contributed by atoms with Gasteiger partial charge in [-0.3, -0.25) is 18.4 Å². The van der Waals surface area contributed by atoms with Crippen LogP contribution in [0, 0.1) is 7.14 Å². The lowest BCUT2D eigenvalue weighted by Crippen LogP contribution is -2.25. The highest BCUT2D eigenvalue weighted by Gasteiger charge is 2.37. The normalized spacial score (nSPS) is 12.0. The number of halogens is 9. The maximum Gasteiger partial charge on any atom is 0.434 e. The zero-order chi connectivity index (χ0) is 27.2. The van der Waals surface area contributed by atoms with E-state index in [1.165, 1.54) is 69.7 Å². The molecule has 0 N–H and O–H groups in total. The van der Waals surface area contributed by atoms with E-state index in [-0.39, 0.29) is 11.3 Å². The van der Waals surface area contributed by atoms with Crippen LogP contribution in [0.15, 0.2) is 50.7 Å². The monoisotopic (exact) mass is 801 g/mol. The lowest BCUT2D eigenvalue weighted by Gasteiger charge is -2.14. The van der Waals surface area contributed by atoms with Gasteiger partial charge in [0.1, 0.15) is 18.4 Å². The lowest BCUT2D eigenvalue weighted by atomic mass is 10.3. The van der Waals surface area contributed by atoms with Crippen molar-refractivity contribution < 1.29 is 26.3 Å². The molecule has 4 aromatic heterocycles. The van der Waals surface area contributed by atoms with E-state index in [2.05, 4.69) is 25.9 Å². The van der Waals surface area contributed by atoms with Gasteiger partial charge < -0.3 is 4.90 Å². The summed E-state index contributed by atoms with van der Waals surface area (Å²) in [6.07, 6.45) is -6.48. The van der Waals surface area contributed by atoms with Crippen LogP contribution in [0.25, 0.3) is 11.3 Å². The molecule has 0 atom stereocenters. The molecule has 0 aromatic carbocycles. The SMILES string of the molecule is CN(C)c1ccn2c(=O)c(I)c(C(F)(F)F)nc2c1.O=c1c(I)c(C(F)(F)F)nc2cc(Br)ccn12. The molecule has 4 aromatic rings. The molecule has 0 radical (unpaired) electrons. The van der Waals surface area contributed by atoms with Crippen molar-refractivity contribution in [2.75, 3.05) is 19.0 Å². The Balaban J connectivity index is 0.000000202. The number of rotatable bonds is 1. The van der Waals surface area contributed by atoms with Gasteiger partial charge in [-0.05, 0) is 63.4 Å². The summed E-state index contributed by atoms with van der Waals surface area (Å²) in [5.74, 6) is 0. The third kappa shape index (κ3) is 5.95. The number of fused-ring (bicyclic) bond motifs is 2. The molecule has 0 amide bonds. The molecule has 0 fully saturated rings. The van der Waals surface area contributed by atoms with E-state index < -0.39 is 42.0 Å². The summed E-state index contributed by atoms with van der Waals surface area (Å²) in [5, 5.41) is 0. The molecule has 192 valence electrons. The van der Waals surface area contributed by atoms with Crippen molar-refractivity contribution in [3.63, 3.8) is 0 Å². The molecule has 0 saturated carbocycles. The third-order valence-electron chi connectivity index (χ3n) is 4.55. The highest BCUT2D eigenvalue weighted by molar-refractivity contribution is 14.1. The number of aromatic nitrogens is 4. The molecule has 7 nitrogen and oxygen atoms in total. The fourth-order valence-corrected chi connectivity index (χ4v) is 4.55. The van der Waals surface area contributed by atoms with Gasteiger partial charge in [-0.1, -0.05) is 15.9 Å². The Bertz CT molecular complexity index is 1580. The molecular weight excluding hydrogens is 790 g/mol.